The molecular weight excluding hydrogens is 600 g/mol. The number of ether oxygens (including phenoxy) is 2. The van der Waals surface area contributed by atoms with Crippen LogP contribution in [-0.2, 0) is 29.6 Å². The number of hydrogen-bond acceptors (Lipinski definition) is 8. The number of carbonyl (C=O) groups is 1. The zero-order valence-corrected chi connectivity index (χ0v) is 25.0. The molecule has 222 valence electrons. The van der Waals surface area contributed by atoms with E-state index in [-0.39, 0.29) is 22.8 Å². The van der Waals surface area contributed by atoms with E-state index in [9.17, 15) is 13.2 Å². The number of carbonyl (C=O) groups excluding carboxylic acids is 1. The molecule has 0 aliphatic carbocycles. The number of amides is 1. The molecule has 44 heavy (non-hydrogen) atoms. The first-order valence-electron chi connectivity index (χ1n) is 13.8. The predicted molar refractivity (Wildman–Crippen MR) is 167 cm³/mol. The summed E-state index contributed by atoms with van der Waals surface area (Å²) >= 11 is 6.00. The normalized spacial score (nSPS) is 12.7. The van der Waals surface area contributed by atoms with Gasteiger partial charge < -0.3 is 14.4 Å². The second kappa shape index (κ2) is 12.7. The smallest absolute Gasteiger partial charge is 0.268 e. The zero-order chi connectivity index (χ0) is 30.5. The summed E-state index contributed by atoms with van der Waals surface area (Å²) in [7, 11) is -4.23. The van der Waals surface area contributed by atoms with Crippen LogP contribution in [0.2, 0.25) is 5.02 Å². The van der Waals surface area contributed by atoms with Crippen molar-refractivity contribution in [3.63, 3.8) is 0 Å². The van der Waals surface area contributed by atoms with E-state index < -0.39 is 15.9 Å². The van der Waals surface area contributed by atoms with E-state index in [0.29, 0.717) is 41.3 Å². The van der Waals surface area contributed by atoms with Gasteiger partial charge in [-0.3, -0.25) is 4.79 Å². The van der Waals surface area contributed by atoms with Gasteiger partial charge in [-0.05, 0) is 78.2 Å². The molecule has 5 aromatic rings. The van der Waals surface area contributed by atoms with Crippen molar-refractivity contribution in [1.82, 2.24) is 14.7 Å². The molecule has 0 radical (unpaired) electrons. The fourth-order valence-corrected chi connectivity index (χ4v) is 5.85. The van der Waals surface area contributed by atoms with Crippen LogP contribution in [-0.4, -0.2) is 30.8 Å². The summed E-state index contributed by atoms with van der Waals surface area (Å²) in [6.45, 7) is 1.20. The number of para-hydroxylation sites is 1. The van der Waals surface area contributed by atoms with Gasteiger partial charge in [-0.25, -0.2) is 23.1 Å². The number of sulfonamides is 1. The van der Waals surface area contributed by atoms with Crippen LogP contribution >= 0.6 is 11.6 Å². The van der Waals surface area contributed by atoms with E-state index in [1.807, 2.05) is 35.2 Å². The second-order valence-corrected chi connectivity index (χ2v) is 12.2. The summed E-state index contributed by atoms with van der Waals surface area (Å²) in [4.78, 5) is 24.4. The maximum Gasteiger partial charge on any atom is 0.268 e. The lowest BCUT2D eigenvalue weighted by molar-refractivity contribution is 0.0978. The molecule has 0 saturated heterocycles. The van der Waals surface area contributed by atoms with Crippen molar-refractivity contribution in [2.24, 2.45) is 0 Å². The van der Waals surface area contributed by atoms with Gasteiger partial charge in [-0.2, -0.15) is 0 Å². The van der Waals surface area contributed by atoms with Gasteiger partial charge in [0.05, 0.1) is 16.2 Å². The number of benzene rings is 4. The van der Waals surface area contributed by atoms with Crippen LogP contribution in [0.5, 0.6) is 17.2 Å². The molecule has 1 aliphatic heterocycles. The number of aromatic nitrogens is 2. The third kappa shape index (κ3) is 6.82. The van der Waals surface area contributed by atoms with Gasteiger partial charge in [-0.1, -0.05) is 54.1 Å². The Balaban J connectivity index is 1.23. The van der Waals surface area contributed by atoms with Gasteiger partial charge in [0.2, 0.25) is 5.95 Å². The lowest BCUT2D eigenvalue weighted by Crippen LogP contribution is -2.34. The third-order valence-corrected chi connectivity index (χ3v) is 8.64. The molecule has 1 N–H and O–H groups in total. The summed E-state index contributed by atoms with van der Waals surface area (Å²) < 4.78 is 40.1. The van der Waals surface area contributed by atoms with Crippen LogP contribution in [0.25, 0.3) is 0 Å². The SMILES string of the molecule is O=C(NS(=O)(=O)c1ccc(Oc2ccccc2)cc1)c1cnc(N2CCc3ccccc3C2)nc1COc1ccc(Cl)cc1. The first kappa shape index (κ1) is 29.2. The standard InChI is InChI=1S/C33H27ClN4O5S/c34-25-10-12-26(13-11-25)42-22-31-30(20-35-33(36-31)38-19-18-23-6-4-5-7-24(23)21-38)32(39)37-44(40,41)29-16-14-28(15-17-29)43-27-8-2-1-3-9-27/h1-17,20H,18-19,21-22H2,(H,37,39). The first-order chi connectivity index (χ1) is 21.3. The molecule has 11 heteroatoms. The van der Waals surface area contributed by atoms with E-state index in [4.69, 9.17) is 21.1 Å². The van der Waals surface area contributed by atoms with E-state index in [0.717, 1.165) is 6.42 Å². The highest BCUT2D eigenvalue weighted by molar-refractivity contribution is 7.90. The number of anilines is 1. The molecule has 1 aliphatic rings. The molecule has 6 rings (SSSR count). The number of rotatable bonds is 9. The van der Waals surface area contributed by atoms with Crippen molar-refractivity contribution in [2.45, 2.75) is 24.5 Å². The number of hydrogen-bond donors (Lipinski definition) is 1. The Bertz CT molecular complexity index is 1890. The van der Waals surface area contributed by atoms with E-state index in [1.54, 1.807) is 36.4 Å². The molecule has 0 atom stereocenters. The van der Waals surface area contributed by atoms with Crippen molar-refractivity contribution >= 4 is 33.5 Å². The lowest BCUT2D eigenvalue weighted by atomic mass is 10.0. The fourth-order valence-electron chi connectivity index (χ4n) is 4.76. The van der Waals surface area contributed by atoms with Crippen molar-refractivity contribution in [3.8, 4) is 17.2 Å². The summed E-state index contributed by atoms with van der Waals surface area (Å²) in [5.74, 6) is 1.12. The minimum absolute atomic E-state index is 0.0206. The van der Waals surface area contributed by atoms with Crippen LogP contribution in [0.3, 0.4) is 0 Å². The largest absolute Gasteiger partial charge is 0.487 e. The molecule has 4 aromatic carbocycles. The molecular formula is C33H27ClN4O5S. The molecule has 0 fully saturated rings. The maximum atomic E-state index is 13.4. The van der Waals surface area contributed by atoms with Crippen LogP contribution in [0, 0.1) is 0 Å². The molecule has 1 aromatic heterocycles. The topological polar surface area (TPSA) is 111 Å². The van der Waals surface area contributed by atoms with Crippen molar-refractivity contribution in [2.75, 3.05) is 11.4 Å². The maximum absolute atomic E-state index is 13.4. The van der Waals surface area contributed by atoms with Crippen LogP contribution < -0.4 is 19.1 Å². The first-order valence-corrected chi connectivity index (χ1v) is 15.7. The van der Waals surface area contributed by atoms with Gasteiger partial charge in [0.15, 0.2) is 0 Å². The Hall–Kier alpha value is -4.93. The Morgan fingerprint density at radius 1 is 0.841 bits per heavy atom. The van der Waals surface area contributed by atoms with E-state index in [2.05, 4.69) is 26.8 Å². The summed E-state index contributed by atoms with van der Waals surface area (Å²) in [5, 5.41) is 0.553. The predicted octanol–water partition coefficient (Wildman–Crippen LogP) is 6.18. The third-order valence-electron chi connectivity index (χ3n) is 7.04. The molecule has 0 spiro atoms. The Labute approximate surface area is 260 Å². The van der Waals surface area contributed by atoms with Crippen LogP contribution in [0.4, 0.5) is 5.95 Å². The average Bonchev–Trinajstić information content (AvgIpc) is 3.04. The van der Waals surface area contributed by atoms with Crippen molar-refractivity contribution < 1.29 is 22.7 Å². The average molecular weight is 627 g/mol. The van der Waals surface area contributed by atoms with Crippen molar-refractivity contribution in [1.29, 1.82) is 0 Å². The zero-order valence-electron chi connectivity index (χ0n) is 23.4. The van der Waals surface area contributed by atoms with Gasteiger partial charge in [0.1, 0.15) is 23.9 Å². The Morgan fingerprint density at radius 2 is 1.50 bits per heavy atom. The highest BCUT2D eigenvalue weighted by Crippen LogP contribution is 2.25. The number of fused-ring (bicyclic) bond motifs is 1. The molecule has 0 saturated carbocycles. The highest BCUT2D eigenvalue weighted by Gasteiger charge is 2.25. The van der Waals surface area contributed by atoms with Gasteiger partial charge in [-0.15, -0.1) is 0 Å². The van der Waals surface area contributed by atoms with Crippen LogP contribution in [0.15, 0.2) is 114 Å². The molecule has 0 bridgehead atoms. The van der Waals surface area contributed by atoms with Gasteiger partial charge in [0, 0.05) is 24.3 Å². The highest BCUT2D eigenvalue weighted by atomic mass is 35.5. The monoisotopic (exact) mass is 626 g/mol. The quantitative estimate of drug-likeness (QED) is 0.206. The van der Waals surface area contributed by atoms with E-state index in [1.165, 1.54) is 41.6 Å². The lowest BCUT2D eigenvalue weighted by Gasteiger charge is -2.29. The molecule has 2 heterocycles. The molecule has 0 unspecified atom stereocenters. The number of nitrogens with zero attached hydrogens (tertiary/aromatic N) is 3. The van der Waals surface area contributed by atoms with Crippen molar-refractivity contribution in [3.05, 3.63) is 137 Å². The Morgan fingerprint density at radius 3 is 2.25 bits per heavy atom. The number of nitrogens with one attached hydrogen (secondary N) is 1. The van der Waals surface area contributed by atoms with Gasteiger partial charge >= 0.3 is 0 Å². The summed E-state index contributed by atoms with van der Waals surface area (Å²) in [6.07, 6.45) is 2.16. The minimum atomic E-state index is -4.23. The van der Waals surface area contributed by atoms with Gasteiger partial charge in [0.25, 0.3) is 15.9 Å². The minimum Gasteiger partial charge on any atom is -0.487 e. The second-order valence-electron chi connectivity index (χ2n) is 10.0. The summed E-state index contributed by atoms with van der Waals surface area (Å²) in [5.41, 5.74) is 2.67. The van der Waals surface area contributed by atoms with E-state index >= 15 is 0 Å². The van der Waals surface area contributed by atoms with Crippen LogP contribution in [0.1, 0.15) is 27.2 Å². The fraction of sp³-hybridized carbons (Fsp3) is 0.121. The molecule has 1 amide bonds. The Kier molecular flexibility index (Phi) is 8.44. The summed E-state index contributed by atoms with van der Waals surface area (Å²) in [6, 6.07) is 29.8. The number of halogens is 1. The molecule has 9 nitrogen and oxygen atoms in total.